The van der Waals surface area contributed by atoms with E-state index < -0.39 is 32.5 Å². The predicted octanol–water partition coefficient (Wildman–Crippen LogP) is 19.9. The minimum Gasteiger partial charge on any atom is -0.756 e. The van der Waals surface area contributed by atoms with Gasteiger partial charge in [-0.1, -0.05) is 260 Å². The summed E-state index contributed by atoms with van der Waals surface area (Å²) < 4.78 is 30.3. The lowest BCUT2D eigenvalue weighted by molar-refractivity contribution is -0.870. The van der Waals surface area contributed by atoms with Crippen molar-refractivity contribution < 1.29 is 37.3 Å². The molecule has 0 aliphatic heterocycles. The summed E-state index contributed by atoms with van der Waals surface area (Å²) in [5.74, 6) is -0.604. The van der Waals surface area contributed by atoms with E-state index in [2.05, 4.69) is 99.0 Å². The average molecular weight is 1130 g/mol. The first-order chi connectivity index (χ1) is 38.4. The van der Waals surface area contributed by atoms with Crippen molar-refractivity contribution in [3.8, 4) is 0 Å². The van der Waals surface area contributed by atoms with E-state index in [1.165, 1.54) is 180 Å². The summed E-state index contributed by atoms with van der Waals surface area (Å²) in [7, 11) is 1.15. The normalized spacial score (nSPS) is 14.2. The van der Waals surface area contributed by atoms with Crippen LogP contribution in [0, 0.1) is 0 Å². The quantitative estimate of drug-likeness (QED) is 0.0212. The molecule has 10 heteroatoms. The molecule has 0 bridgehead atoms. The van der Waals surface area contributed by atoms with E-state index in [9.17, 15) is 19.0 Å². The van der Waals surface area contributed by atoms with Gasteiger partial charge in [0.15, 0.2) is 0 Å². The number of amides is 1. The summed E-state index contributed by atoms with van der Waals surface area (Å²) in [4.78, 5) is 40.0. The summed E-state index contributed by atoms with van der Waals surface area (Å²) in [5.41, 5.74) is 0. The molecule has 458 valence electrons. The molecule has 9 nitrogen and oxygen atoms in total. The minimum absolute atomic E-state index is 0.0329. The predicted molar refractivity (Wildman–Crippen MR) is 339 cm³/mol. The molecule has 1 amide bonds. The summed E-state index contributed by atoms with van der Waals surface area (Å²) >= 11 is 0. The van der Waals surface area contributed by atoms with Crippen LogP contribution in [0.5, 0.6) is 0 Å². The topological polar surface area (TPSA) is 114 Å². The second kappa shape index (κ2) is 58.4. The number of nitrogens with zero attached hydrogens (tertiary/aromatic N) is 1. The molecule has 0 aromatic rings. The number of hydrogen-bond donors (Lipinski definition) is 1. The van der Waals surface area contributed by atoms with Crippen LogP contribution >= 0.6 is 7.82 Å². The van der Waals surface area contributed by atoms with Gasteiger partial charge in [-0.25, -0.2) is 0 Å². The molecule has 0 fully saturated rings. The Morgan fingerprint density at radius 3 is 1.20 bits per heavy atom. The van der Waals surface area contributed by atoms with Gasteiger partial charge in [0.05, 0.1) is 33.8 Å². The minimum atomic E-state index is -4.71. The van der Waals surface area contributed by atoms with Crippen molar-refractivity contribution in [3.63, 3.8) is 0 Å². The third-order valence-electron chi connectivity index (χ3n) is 14.3. The van der Waals surface area contributed by atoms with E-state index in [4.69, 9.17) is 13.8 Å². The van der Waals surface area contributed by atoms with Gasteiger partial charge >= 0.3 is 5.97 Å². The monoisotopic (exact) mass is 1120 g/mol. The molecule has 0 aliphatic rings. The van der Waals surface area contributed by atoms with Crippen LogP contribution < -0.4 is 10.2 Å². The maximum Gasteiger partial charge on any atom is 0.306 e. The molecular weight excluding hydrogens is 1000 g/mol. The average Bonchev–Trinajstić information content (AvgIpc) is 3.41. The van der Waals surface area contributed by atoms with Crippen LogP contribution in [0.3, 0.4) is 0 Å². The number of phosphoric ester groups is 1. The molecular formula is C69H125N2O7P. The molecule has 0 aromatic heterocycles. The van der Waals surface area contributed by atoms with E-state index in [1.807, 2.05) is 33.3 Å². The zero-order valence-corrected chi connectivity index (χ0v) is 53.2. The van der Waals surface area contributed by atoms with Gasteiger partial charge in [0, 0.05) is 12.8 Å². The van der Waals surface area contributed by atoms with Crippen molar-refractivity contribution in [2.24, 2.45) is 0 Å². The number of carbonyl (C=O) groups excluding carboxylic acids is 2. The Bertz CT molecular complexity index is 1630. The number of allylic oxidation sites excluding steroid dienone is 13. The molecule has 0 aliphatic carbocycles. The standard InChI is InChI=1S/C69H125N2O7P/c1-7-10-13-16-19-22-25-27-29-31-32-33-34-35-36-37-38-40-41-43-46-49-52-55-58-61-68(72)70-66(65-77-79(74,75)76-64-63-71(4,5)6)67(60-57-54-51-48-45-24-21-18-15-12-9-3)78-69(73)62-59-56-53-50-47-44-42-39-30-28-26-23-20-17-14-11-8-2/h19-20,22-23,27-30,42,44,50,53,57,60,66-67H,7-18,21,24-26,31-41,43,45-49,51-52,54-56,58-59,61-65H2,1-6H3,(H-,70,72,74,75)/b22-19-,23-20-,29-27-,30-28-,44-42-,53-50-,60-57-. The molecule has 0 rings (SSSR count). The van der Waals surface area contributed by atoms with Crippen molar-refractivity contribution in [3.05, 3.63) is 85.1 Å². The lowest BCUT2D eigenvalue weighted by Crippen LogP contribution is -2.47. The number of unbranched alkanes of at least 4 members (excludes halogenated alkanes) is 31. The van der Waals surface area contributed by atoms with Crippen molar-refractivity contribution in [2.75, 3.05) is 40.9 Å². The Morgan fingerprint density at radius 1 is 0.443 bits per heavy atom. The zero-order chi connectivity index (χ0) is 57.9. The highest BCUT2D eigenvalue weighted by Crippen LogP contribution is 2.38. The first kappa shape index (κ1) is 76.2. The van der Waals surface area contributed by atoms with Crippen molar-refractivity contribution in [1.29, 1.82) is 0 Å². The summed E-state index contributed by atoms with van der Waals surface area (Å²) in [6.07, 6.45) is 77.1. The number of ether oxygens (including phenoxy) is 1. The third-order valence-corrected chi connectivity index (χ3v) is 15.3. The fraction of sp³-hybridized carbons (Fsp3) is 0.768. The Balaban J connectivity index is 5.14. The van der Waals surface area contributed by atoms with Gasteiger partial charge in [-0.05, 0) is 102 Å². The van der Waals surface area contributed by atoms with Crippen molar-refractivity contribution in [2.45, 2.75) is 303 Å². The number of carbonyl (C=O) groups is 2. The van der Waals surface area contributed by atoms with Crippen LogP contribution in [0.4, 0.5) is 0 Å². The van der Waals surface area contributed by atoms with Crippen LogP contribution in [0.1, 0.15) is 290 Å². The molecule has 0 saturated carbocycles. The first-order valence-corrected chi connectivity index (χ1v) is 34.4. The zero-order valence-electron chi connectivity index (χ0n) is 52.3. The lowest BCUT2D eigenvalue weighted by Gasteiger charge is -2.30. The summed E-state index contributed by atoms with van der Waals surface area (Å²) in [6.45, 7) is 6.76. The fourth-order valence-corrected chi connectivity index (χ4v) is 9.92. The van der Waals surface area contributed by atoms with Crippen LogP contribution in [0.2, 0.25) is 0 Å². The van der Waals surface area contributed by atoms with Gasteiger partial charge in [-0.2, -0.15) is 0 Å². The largest absolute Gasteiger partial charge is 0.756 e. The van der Waals surface area contributed by atoms with Gasteiger partial charge in [0.1, 0.15) is 19.3 Å². The van der Waals surface area contributed by atoms with E-state index in [1.54, 1.807) is 0 Å². The second-order valence-corrected chi connectivity index (χ2v) is 24.7. The Kier molecular flexibility index (Phi) is 56.3. The van der Waals surface area contributed by atoms with Gasteiger partial charge in [-0.15, -0.1) is 0 Å². The SMILES string of the molecule is CCCCC/C=C\C/C=C\C/C=C\C/C=C\CCCC(=O)OC(/C=C\CCCCCCCCCCC)C(COP(=O)([O-])OCC[N+](C)(C)C)NC(=O)CCCCCCCCCCCCCCCCC/C=C\C/C=C\CCCCC. The van der Waals surface area contributed by atoms with Crippen LogP contribution in [0.15, 0.2) is 85.1 Å². The molecule has 1 N–H and O–H groups in total. The van der Waals surface area contributed by atoms with Gasteiger partial charge < -0.3 is 28.5 Å². The molecule has 0 saturated heterocycles. The number of phosphoric acid groups is 1. The molecule has 3 atom stereocenters. The molecule has 0 spiro atoms. The number of likely N-dealkylation sites (N-methyl/N-ethyl adjacent to an activating group) is 1. The van der Waals surface area contributed by atoms with Gasteiger partial charge in [0.25, 0.3) is 7.82 Å². The molecule has 0 radical (unpaired) electrons. The van der Waals surface area contributed by atoms with E-state index in [0.29, 0.717) is 23.9 Å². The molecule has 3 unspecified atom stereocenters. The maximum atomic E-state index is 13.6. The lowest BCUT2D eigenvalue weighted by atomic mass is 10.0. The Hall–Kier alpha value is -2.81. The van der Waals surface area contributed by atoms with Gasteiger partial charge in [0.2, 0.25) is 5.91 Å². The highest BCUT2D eigenvalue weighted by Gasteiger charge is 2.27. The Labute approximate surface area is 488 Å². The molecule has 0 heterocycles. The fourth-order valence-electron chi connectivity index (χ4n) is 9.19. The highest BCUT2D eigenvalue weighted by molar-refractivity contribution is 7.45. The van der Waals surface area contributed by atoms with Gasteiger partial charge in [-0.3, -0.25) is 14.2 Å². The number of rotatable bonds is 59. The highest BCUT2D eigenvalue weighted by atomic mass is 31.2. The number of hydrogen-bond acceptors (Lipinski definition) is 7. The Morgan fingerprint density at radius 2 is 0.785 bits per heavy atom. The molecule has 0 aromatic carbocycles. The van der Waals surface area contributed by atoms with Crippen LogP contribution in [0.25, 0.3) is 0 Å². The smallest absolute Gasteiger partial charge is 0.306 e. The first-order valence-electron chi connectivity index (χ1n) is 32.9. The molecule has 79 heavy (non-hydrogen) atoms. The number of nitrogens with one attached hydrogen (secondary N) is 1. The summed E-state index contributed by atoms with van der Waals surface area (Å²) in [5, 5.41) is 3.02. The van der Waals surface area contributed by atoms with Crippen LogP contribution in [-0.4, -0.2) is 69.4 Å². The number of esters is 1. The third kappa shape index (κ3) is 59.6. The summed E-state index contributed by atoms with van der Waals surface area (Å²) in [6, 6.07) is -0.913. The van der Waals surface area contributed by atoms with Crippen molar-refractivity contribution in [1.82, 2.24) is 5.32 Å². The van der Waals surface area contributed by atoms with E-state index in [-0.39, 0.29) is 18.9 Å². The number of quaternary nitrogens is 1. The van der Waals surface area contributed by atoms with E-state index >= 15 is 0 Å². The van der Waals surface area contributed by atoms with E-state index in [0.717, 1.165) is 70.6 Å². The van der Waals surface area contributed by atoms with Crippen molar-refractivity contribution >= 4 is 19.7 Å². The second-order valence-electron chi connectivity index (χ2n) is 23.3. The maximum absolute atomic E-state index is 13.6. The van der Waals surface area contributed by atoms with Crippen LogP contribution in [-0.2, 0) is 27.9 Å².